The summed E-state index contributed by atoms with van der Waals surface area (Å²) in [6, 6.07) is 5.29. The Hall–Kier alpha value is -1.57. The van der Waals surface area contributed by atoms with Gasteiger partial charge >= 0.3 is 0 Å². The summed E-state index contributed by atoms with van der Waals surface area (Å²) in [6.07, 6.45) is 2.93. The van der Waals surface area contributed by atoms with Crippen molar-refractivity contribution in [3.8, 4) is 11.9 Å². The van der Waals surface area contributed by atoms with Gasteiger partial charge < -0.3 is 0 Å². The van der Waals surface area contributed by atoms with Crippen molar-refractivity contribution in [2.24, 2.45) is 0 Å². The van der Waals surface area contributed by atoms with E-state index in [4.69, 9.17) is 28.5 Å². The number of nitrogens with zero attached hydrogens (tertiary/aromatic N) is 4. The topological polar surface area (TPSA) is 54.5 Å². The Morgan fingerprint density at radius 1 is 1.27 bits per heavy atom. The lowest BCUT2D eigenvalue weighted by Crippen LogP contribution is -1.95. The zero-order valence-corrected chi connectivity index (χ0v) is 8.87. The Morgan fingerprint density at radius 3 is 2.53 bits per heavy atom. The molecule has 4 nitrogen and oxygen atoms in total. The maximum atomic E-state index is 8.60. The van der Waals surface area contributed by atoms with Crippen molar-refractivity contribution in [1.82, 2.24) is 14.5 Å². The van der Waals surface area contributed by atoms with Crippen molar-refractivity contribution in [1.29, 1.82) is 5.26 Å². The molecule has 0 spiro atoms. The van der Waals surface area contributed by atoms with Gasteiger partial charge in [0.15, 0.2) is 10.3 Å². The van der Waals surface area contributed by atoms with Crippen LogP contribution in [-0.4, -0.2) is 14.5 Å². The van der Waals surface area contributed by atoms with E-state index < -0.39 is 0 Å². The Bertz CT molecular complexity index is 524. The number of pyridine rings is 1. The fourth-order valence-electron chi connectivity index (χ4n) is 1.07. The molecule has 0 unspecified atom stereocenters. The molecule has 0 N–H and O–H groups in total. The third kappa shape index (κ3) is 1.80. The van der Waals surface area contributed by atoms with Gasteiger partial charge in [-0.05, 0) is 12.1 Å². The van der Waals surface area contributed by atoms with Crippen LogP contribution in [0.2, 0.25) is 10.3 Å². The van der Waals surface area contributed by atoms with E-state index in [0.29, 0.717) is 16.5 Å². The second kappa shape index (κ2) is 3.89. The van der Waals surface area contributed by atoms with E-state index in [2.05, 4.69) is 9.97 Å². The largest absolute Gasteiger partial charge is 0.272 e. The van der Waals surface area contributed by atoms with Crippen LogP contribution in [0.1, 0.15) is 5.56 Å². The summed E-state index contributed by atoms with van der Waals surface area (Å²) >= 11 is 11.6. The van der Waals surface area contributed by atoms with Gasteiger partial charge in [-0.25, -0.2) is 9.97 Å². The van der Waals surface area contributed by atoms with Gasteiger partial charge in [-0.2, -0.15) is 5.26 Å². The summed E-state index contributed by atoms with van der Waals surface area (Å²) in [6.45, 7) is 0. The molecule has 0 saturated heterocycles. The molecule has 0 fully saturated rings. The third-order valence-corrected chi connectivity index (χ3v) is 2.53. The molecule has 6 heteroatoms. The van der Waals surface area contributed by atoms with Crippen molar-refractivity contribution in [3.63, 3.8) is 0 Å². The quantitative estimate of drug-likeness (QED) is 0.767. The van der Waals surface area contributed by atoms with Crippen LogP contribution in [0.15, 0.2) is 24.7 Å². The molecule has 74 valence electrons. The Labute approximate surface area is 95.7 Å². The Morgan fingerprint density at radius 2 is 2.07 bits per heavy atom. The predicted octanol–water partition coefficient (Wildman–Crippen LogP) is 2.45. The number of hydrogen-bond acceptors (Lipinski definition) is 3. The van der Waals surface area contributed by atoms with Gasteiger partial charge in [0.05, 0.1) is 5.56 Å². The molecule has 0 aliphatic heterocycles. The zero-order valence-electron chi connectivity index (χ0n) is 7.35. The van der Waals surface area contributed by atoms with Gasteiger partial charge in [-0.3, -0.25) is 4.57 Å². The van der Waals surface area contributed by atoms with Crippen LogP contribution in [0.25, 0.3) is 5.82 Å². The lowest BCUT2D eigenvalue weighted by atomic mass is 10.3. The number of hydrogen-bond donors (Lipinski definition) is 0. The fourth-order valence-corrected chi connectivity index (χ4v) is 1.38. The van der Waals surface area contributed by atoms with Crippen molar-refractivity contribution in [2.75, 3.05) is 0 Å². The van der Waals surface area contributed by atoms with Gasteiger partial charge in [0, 0.05) is 6.20 Å². The minimum atomic E-state index is 0.225. The number of aromatic nitrogens is 3. The minimum absolute atomic E-state index is 0.225. The molecule has 15 heavy (non-hydrogen) atoms. The van der Waals surface area contributed by atoms with Crippen LogP contribution in [0.4, 0.5) is 0 Å². The maximum Gasteiger partial charge on any atom is 0.166 e. The highest BCUT2D eigenvalue weighted by atomic mass is 35.5. The number of rotatable bonds is 1. The highest BCUT2D eigenvalue weighted by Crippen LogP contribution is 2.22. The number of imidazole rings is 1. The van der Waals surface area contributed by atoms with Gasteiger partial charge in [-0.1, -0.05) is 23.2 Å². The minimum Gasteiger partial charge on any atom is -0.272 e. The van der Waals surface area contributed by atoms with Crippen molar-refractivity contribution in [3.05, 3.63) is 40.5 Å². The summed E-state index contributed by atoms with van der Waals surface area (Å²) in [5.41, 5.74) is 0.487. The van der Waals surface area contributed by atoms with E-state index in [1.54, 1.807) is 12.1 Å². The predicted molar refractivity (Wildman–Crippen MR) is 56.1 cm³/mol. The highest BCUT2D eigenvalue weighted by Gasteiger charge is 2.08. The van der Waals surface area contributed by atoms with Crippen molar-refractivity contribution < 1.29 is 0 Å². The molecular weight excluding hydrogens is 235 g/mol. The summed E-state index contributed by atoms with van der Waals surface area (Å²) in [4.78, 5) is 7.88. The highest BCUT2D eigenvalue weighted by molar-refractivity contribution is 6.40. The summed E-state index contributed by atoms with van der Waals surface area (Å²) < 4.78 is 1.53. The van der Waals surface area contributed by atoms with E-state index in [1.807, 2.05) is 6.07 Å². The summed E-state index contributed by atoms with van der Waals surface area (Å²) in [5, 5.41) is 9.13. The van der Waals surface area contributed by atoms with Gasteiger partial charge in [0.25, 0.3) is 0 Å². The van der Waals surface area contributed by atoms with E-state index >= 15 is 0 Å². The lowest BCUT2D eigenvalue weighted by molar-refractivity contribution is 0.992. The first-order valence-electron chi connectivity index (χ1n) is 3.97. The maximum absolute atomic E-state index is 8.60. The van der Waals surface area contributed by atoms with Crippen LogP contribution < -0.4 is 0 Å². The van der Waals surface area contributed by atoms with Crippen LogP contribution in [0, 0.1) is 11.3 Å². The molecular formula is C9H4Cl2N4. The molecule has 2 rings (SSSR count). The van der Waals surface area contributed by atoms with Crippen molar-refractivity contribution in [2.45, 2.75) is 0 Å². The lowest BCUT2D eigenvalue weighted by Gasteiger charge is -2.01. The van der Waals surface area contributed by atoms with E-state index in [9.17, 15) is 0 Å². The smallest absolute Gasteiger partial charge is 0.166 e. The normalized spacial score (nSPS) is 9.93. The molecule has 0 aromatic carbocycles. The van der Waals surface area contributed by atoms with E-state index in [0.717, 1.165) is 0 Å². The molecule has 2 heterocycles. The van der Waals surface area contributed by atoms with E-state index in [-0.39, 0.29) is 5.15 Å². The van der Waals surface area contributed by atoms with Gasteiger partial charge in [0.1, 0.15) is 18.2 Å². The summed E-state index contributed by atoms with van der Waals surface area (Å²) in [5.74, 6) is 0.568. The average Bonchev–Trinajstić information content (AvgIpc) is 2.60. The third-order valence-electron chi connectivity index (χ3n) is 1.79. The molecule has 2 aromatic rings. The average molecular weight is 239 g/mol. The first-order chi connectivity index (χ1) is 7.22. The molecule has 0 atom stereocenters. The Balaban J connectivity index is 2.47. The number of halogens is 2. The fraction of sp³-hybridized carbons (Fsp3) is 0. The molecule has 0 saturated carbocycles. The van der Waals surface area contributed by atoms with Crippen LogP contribution in [0.5, 0.6) is 0 Å². The Kier molecular flexibility index (Phi) is 2.58. The van der Waals surface area contributed by atoms with Crippen LogP contribution in [0.3, 0.4) is 0 Å². The first-order valence-corrected chi connectivity index (χ1v) is 4.73. The molecule has 0 bridgehead atoms. The molecule has 0 radical (unpaired) electrons. The first kappa shape index (κ1) is 9.97. The van der Waals surface area contributed by atoms with Gasteiger partial charge in [0.2, 0.25) is 0 Å². The molecule has 0 amide bonds. The van der Waals surface area contributed by atoms with E-state index in [1.165, 1.54) is 17.1 Å². The van der Waals surface area contributed by atoms with Crippen LogP contribution in [-0.2, 0) is 0 Å². The standard InChI is InChI=1S/C9H4Cl2N4/c10-8-9(11)15(5-14-8)7-2-1-6(3-12)4-13-7/h1-2,4-5H. The zero-order chi connectivity index (χ0) is 10.8. The van der Waals surface area contributed by atoms with Crippen molar-refractivity contribution >= 4 is 23.2 Å². The van der Waals surface area contributed by atoms with Gasteiger partial charge in [-0.15, -0.1) is 0 Å². The monoisotopic (exact) mass is 238 g/mol. The van der Waals surface area contributed by atoms with Crippen LogP contribution >= 0.6 is 23.2 Å². The molecule has 2 aromatic heterocycles. The second-order valence-corrected chi connectivity index (χ2v) is 3.43. The second-order valence-electron chi connectivity index (χ2n) is 2.71. The number of nitriles is 1. The molecule has 0 aliphatic carbocycles. The molecule has 0 aliphatic rings. The SMILES string of the molecule is N#Cc1ccc(-n2cnc(Cl)c2Cl)nc1. The summed E-state index contributed by atoms with van der Waals surface area (Å²) in [7, 11) is 0.